The molecule has 138 valence electrons. The fraction of sp³-hybridized carbons (Fsp3) is 0.316. The molecule has 1 aliphatic heterocycles. The van der Waals surface area contributed by atoms with Crippen LogP contribution >= 0.6 is 0 Å². The maximum Gasteiger partial charge on any atom is 0.356 e. The van der Waals surface area contributed by atoms with Crippen LogP contribution in [-0.4, -0.2) is 54.5 Å². The highest BCUT2D eigenvalue weighted by atomic mass is 16.4. The first kappa shape index (κ1) is 17.1. The van der Waals surface area contributed by atoms with Gasteiger partial charge in [-0.1, -0.05) is 12.1 Å². The van der Waals surface area contributed by atoms with E-state index in [2.05, 4.69) is 14.5 Å². The number of nitrogens with zero attached hydrogens (tertiary/aromatic N) is 5. The van der Waals surface area contributed by atoms with Crippen molar-refractivity contribution in [2.24, 2.45) is 7.05 Å². The predicted molar refractivity (Wildman–Crippen MR) is 97.6 cm³/mol. The van der Waals surface area contributed by atoms with E-state index in [0.29, 0.717) is 13.1 Å². The van der Waals surface area contributed by atoms with Crippen molar-refractivity contribution >= 4 is 22.9 Å². The first-order chi connectivity index (χ1) is 13.1. The summed E-state index contributed by atoms with van der Waals surface area (Å²) in [4.78, 5) is 38.4. The number of hydrogen-bond donors (Lipinski definition) is 1. The van der Waals surface area contributed by atoms with Crippen molar-refractivity contribution < 1.29 is 14.7 Å². The topological polar surface area (TPSA) is 101 Å². The van der Waals surface area contributed by atoms with Crippen molar-refractivity contribution in [2.75, 3.05) is 13.1 Å². The Balaban J connectivity index is 1.62. The zero-order valence-electron chi connectivity index (χ0n) is 14.9. The van der Waals surface area contributed by atoms with E-state index in [1.165, 1.54) is 12.4 Å². The lowest BCUT2D eigenvalue weighted by atomic mass is 9.96. The minimum absolute atomic E-state index is 0.0880. The Labute approximate surface area is 155 Å². The number of aromatic nitrogens is 4. The zero-order valence-corrected chi connectivity index (χ0v) is 14.9. The van der Waals surface area contributed by atoms with E-state index in [0.717, 1.165) is 29.7 Å². The van der Waals surface area contributed by atoms with Crippen molar-refractivity contribution in [3.05, 3.63) is 53.9 Å². The molecule has 1 fully saturated rings. The summed E-state index contributed by atoms with van der Waals surface area (Å²) in [6, 6.07) is 7.93. The van der Waals surface area contributed by atoms with Gasteiger partial charge in [-0.05, 0) is 25.0 Å². The van der Waals surface area contributed by atoms with E-state index < -0.39 is 11.9 Å². The number of benzene rings is 1. The van der Waals surface area contributed by atoms with Crippen LogP contribution in [0.5, 0.6) is 0 Å². The highest BCUT2D eigenvalue weighted by Crippen LogP contribution is 2.29. The molecule has 0 aliphatic carbocycles. The van der Waals surface area contributed by atoms with Crippen molar-refractivity contribution in [1.29, 1.82) is 0 Å². The Kier molecular flexibility index (Phi) is 4.31. The summed E-state index contributed by atoms with van der Waals surface area (Å²) in [6.07, 6.45) is 4.36. The molecular formula is C19H19N5O3. The second-order valence-corrected chi connectivity index (χ2v) is 6.67. The molecule has 8 heteroatoms. The number of hydrogen-bond acceptors (Lipinski definition) is 5. The third-order valence-electron chi connectivity index (χ3n) is 5.00. The maximum absolute atomic E-state index is 12.9. The van der Waals surface area contributed by atoms with Crippen molar-refractivity contribution in [1.82, 2.24) is 24.4 Å². The van der Waals surface area contributed by atoms with Crippen LogP contribution in [0.15, 0.2) is 36.7 Å². The summed E-state index contributed by atoms with van der Waals surface area (Å²) in [5.41, 5.74) is 1.56. The molecule has 1 saturated heterocycles. The van der Waals surface area contributed by atoms with E-state index in [9.17, 15) is 14.7 Å². The summed E-state index contributed by atoms with van der Waals surface area (Å²) in [6.45, 7) is 1.04. The molecule has 0 spiro atoms. The minimum Gasteiger partial charge on any atom is -0.476 e. The largest absolute Gasteiger partial charge is 0.476 e. The van der Waals surface area contributed by atoms with Crippen molar-refractivity contribution in [2.45, 2.75) is 18.8 Å². The van der Waals surface area contributed by atoms with Crippen LogP contribution in [0.4, 0.5) is 0 Å². The van der Waals surface area contributed by atoms with Gasteiger partial charge in [0.05, 0.1) is 11.0 Å². The SMILES string of the molecule is Cn1c(C2CCCN(C(=O)c3nccnc3C(=O)O)C2)nc2ccccc21. The Morgan fingerprint density at radius 2 is 1.89 bits per heavy atom. The lowest BCUT2D eigenvalue weighted by Crippen LogP contribution is -2.40. The van der Waals surface area contributed by atoms with E-state index in [4.69, 9.17) is 4.98 Å². The van der Waals surface area contributed by atoms with Crippen LogP contribution in [0, 0.1) is 0 Å². The number of carbonyl (C=O) groups excluding carboxylic acids is 1. The molecule has 3 heterocycles. The van der Waals surface area contributed by atoms with Gasteiger partial charge in [0, 0.05) is 38.4 Å². The summed E-state index contributed by atoms with van der Waals surface area (Å²) >= 11 is 0. The molecule has 0 bridgehead atoms. The molecule has 1 atom stereocenters. The first-order valence-corrected chi connectivity index (χ1v) is 8.81. The first-order valence-electron chi connectivity index (χ1n) is 8.81. The number of rotatable bonds is 3. The third kappa shape index (κ3) is 3.03. The number of carboxylic acid groups (broad SMARTS) is 1. The number of piperidine rings is 1. The average Bonchev–Trinajstić information content (AvgIpc) is 3.04. The maximum atomic E-state index is 12.9. The molecule has 1 amide bonds. The fourth-order valence-corrected chi connectivity index (χ4v) is 3.70. The van der Waals surface area contributed by atoms with Crippen LogP contribution in [0.2, 0.25) is 0 Å². The number of likely N-dealkylation sites (tertiary alicyclic amines) is 1. The number of fused-ring (bicyclic) bond motifs is 1. The molecule has 27 heavy (non-hydrogen) atoms. The molecule has 8 nitrogen and oxygen atoms in total. The van der Waals surface area contributed by atoms with Crippen LogP contribution in [-0.2, 0) is 7.05 Å². The fourth-order valence-electron chi connectivity index (χ4n) is 3.70. The second-order valence-electron chi connectivity index (χ2n) is 6.67. The lowest BCUT2D eigenvalue weighted by Gasteiger charge is -2.32. The van der Waals surface area contributed by atoms with Gasteiger partial charge in [-0.3, -0.25) is 4.79 Å². The zero-order chi connectivity index (χ0) is 19.0. The number of aryl methyl sites for hydroxylation is 1. The summed E-state index contributed by atoms with van der Waals surface area (Å²) in [7, 11) is 1.98. The van der Waals surface area contributed by atoms with Gasteiger partial charge in [-0.2, -0.15) is 0 Å². The summed E-state index contributed by atoms with van der Waals surface area (Å²) in [5, 5.41) is 9.27. The Morgan fingerprint density at radius 3 is 2.63 bits per heavy atom. The minimum atomic E-state index is -1.25. The van der Waals surface area contributed by atoms with Crippen molar-refractivity contribution in [3.63, 3.8) is 0 Å². The number of carboxylic acids is 1. The van der Waals surface area contributed by atoms with E-state index in [1.807, 2.05) is 31.3 Å². The Hall–Kier alpha value is -3.29. The van der Waals surface area contributed by atoms with E-state index in [-0.39, 0.29) is 17.3 Å². The van der Waals surface area contributed by atoms with Gasteiger partial charge >= 0.3 is 5.97 Å². The molecule has 0 radical (unpaired) electrons. The van der Waals surface area contributed by atoms with Gasteiger partial charge in [0.2, 0.25) is 0 Å². The molecule has 4 rings (SSSR count). The third-order valence-corrected chi connectivity index (χ3v) is 5.00. The second kappa shape index (κ2) is 6.79. The monoisotopic (exact) mass is 365 g/mol. The average molecular weight is 365 g/mol. The molecule has 1 aromatic carbocycles. The number of para-hydroxylation sites is 2. The summed E-state index contributed by atoms with van der Waals surface area (Å²) < 4.78 is 2.07. The normalized spacial score (nSPS) is 17.2. The molecular weight excluding hydrogens is 346 g/mol. The van der Waals surface area contributed by atoms with Crippen LogP contribution in [0.3, 0.4) is 0 Å². The van der Waals surface area contributed by atoms with Gasteiger partial charge in [0.1, 0.15) is 5.82 Å². The number of aromatic carboxylic acids is 1. The number of carbonyl (C=O) groups is 2. The smallest absolute Gasteiger partial charge is 0.356 e. The molecule has 1 aliphatic rings. The molecule has 0 saturated carbocycles. The highest BCUT2D eigenvalue weighted by molar-refractivity contribution is 6.02. The summed E-state index contributed by atoms with van der Waals surface area (Å²) in [5.74, 6) is -0.629. The molecule has 1 N–H and O–H groups in total. The van der Waals surface area contributed by atoms with Crippen LogP contribution in [0.25, 0.3) is 11.0 Å². The highest BCUT2D eigenvalue weighted by Gasteiger charge is 2.31. The van der Waals surface area contributed by atoms with E-state index >= 15 is 0 Å². The number of imidazole rings is 1. The lowest BCUT2D eigenvalue weighted by molar-refractivity contribution is 0.0648. The van der Waals surface area contributed by atoms with Gasteiger partial charge in [0.15, 0.2) is 11.4 Å². The van der Waals surface area contributed by atoms with E-state index in [1.54, 1.807) is 4.90 Å². The Morgan fingerprint density at radius 1 is 1.15 bits per heavy atom. The van der Waals surface area contributed by atoms with Gasteiger partial charge in [-0.15, -0.1) is 0 Å². The predicted octanol–water partition coefficient (Wildman–Crippen LogP) is 2.08. The Bertz CT molecular complexity index is 1030. The van der Waals surface area contributed by atoms with Gasteiger partial charge in [-0.25, -0.2) is 19.7 Å². The molecule has 3 aromatic rings. The quantitative estimate of drug-likeness (QED) is 0.763. The van der Waals surface area contributed by atoms with Gasteiger partial charge in [0.25, 0.3) is 5.91 Å². The van der Waals surface area contributed by atoms with Crippen LogP contribution < -0.4 is 0 Å². The standard InChI is InChI=1S/C19H19N5O3/c1-23-14-7-3-2-6-13(14)22-17(23)12-5-4-10-24(11-12)18(25)15-16(19(26)27)21-9-8-20-15/h2-3,6-9,12H,4-5,10-11H2,1H3,(H,26,27). The van der Waals surface area contributed by atoms with Crippen molar-refractivity contribution in [3.8, 4) is 0 Å². The van der Waals surface area contributed by atoms with Crippen LogP contribution in [0.1, 0.15) is 45.6 Å². The molecule has 1 unspecified atom stereocenters. The molecule has 2 aromatic heterocycles. The van der Waals surface area contributed by atoms with Gasteiger partial charge < -0.3 is 14.6 Å². The number of amides is 1.